The quantitative estimate of drug-likeness (QED) is 0.815. The molecule has 0 spiro atoms. The third-order valence-corrected chi connectivity index (χ3v) is 5.45. The van der Waals surface area contributed by atoms with E-state index in [0.717, 1.165) is 51.4 Å². The number of hydrogen-bond acceptors (Lipinski definition) is 4. The Morgan fingerprint density at radius 3 is 2.46 bits per heavy atom. The van der Waals surface area contributed by atoms with Crippen molar-refractivity contribution in [2.75, 3.05) is 51.3 Å². The van der Waals surface area contributed by atoms with E-state index >= 15 is 0 Å². The predicted molar refractivity (Wildman–Crippen MR) is 96.4 cm³/mol. The van der Waals surface area contributed by atoms with Gasteiger partial charge in [-0.25, -0.2) is 0 Å². The molecule has 2 unspecified atom stereocenters. The highest BCUT2D eigenvalue weighted by atomic mass is 35.5. The van der Waals surface area contributed by atoms with Gasteiger partial charge in [0.1, 0.15) is 6.23 Å². The SMILES string of the molecule is COC(C)N1CCN(CC2CCN(c3ccc(Cl)cc3)C2=O)CC1. The van der Waals surface area contributed by atoms with Gasteiger partial charge >= 0.3 is 0 Å². The maximum absolute atomic E-state index is 12.7. The van der Waals surface area contributed by atoms with E-state index in [1.165, 1.54) is 0 Å². The van der Waals surface area contributed by atoms with Crippen molar-refractivity contribution >= 4 is 23.2 Å². The Labute approximate surface area is 149 Å². The maximum atomic E-state index is 12.7. The van der Waals surface area contributed by atoms with E-state index in [9.17, 15) is 4.79 Å². The van der Waals surface area contributed by atoms with Crippen LogP contribution in [0.25, 0.3) is 0 Å². The fraction of sp³-hybridized carbons (Fsp3) is 0.611. The van der Waals surface area contributed by atoms with E-state index < -0.39 is 0 Å². The summed E-state index contributed by atoms with van der Waals surface area (Å²) in [6.45, 7) is 7.73. The monoisotopic (exact) mass is 351 g/mol. The van der Waals surface area contributed by atoms with Crippen molar-refractivity contribution in [1.29, 1.82) is 0 Å². The number of piperazine rings is 1. The first-order valence-electron chi connectivity index (χ1n) is 8.64. The molecule has 1 aromatic rings. The molecule has 132 valence electrons. The smallest absolute Gasteiger partial charge is 0.231 e. The second kappa shape index (κ2) is 7.83. The summed E-state index contributed by atoms with van der Waals surface area (Å²) in [4.78, 5) is 19.4. The lowest BCUT2D eigenvalue weighted by atomic mass is 10.1. The van der Waals surface area contributed by atoms with Crippen LogP contribution in [0.15, 0.2) is 24.3 Å². The van der Waals surface area contributed by atoms with Crippen molar-refractivity contribution in [3.05, 3.63) is 29.3 Å². The summed E-state index contributed by atoms with van der Waals surface area (Å²) < 4.78 is 5.38. The summed E-state index contributed by atoms with van der Waals surface area (Å²) in [5.74, 6) is 0.345. The molecule has 0 aromatic heterocycles. The van der Waals surface area contributed by atoms with Gasteiger partial charge in [-0.05, 0) is 37.6 Å². The van der Waals surface area contributed by atoms with E-state index in [1.807, 2.05) is 29.2 Å². The Morgan fingerprint density at radius 2 is 1.83 bits per heavy atom. The van der Waals surface area contributed by atoms with Crippen LogP contribution in [0.4, 0.5) is 5.69 Å². The molecule has 6 heteroatoms. The second-order valence-electron chi connectivity index (χ2n) is 6.62. The Kier molecular flexibility index (Phi) is 5.76. The average Bonchev–Trinajstić information content (AvgIpc) is 2.96. The fourth-order valence-electron chi connectivity index (χ4n) is 3.56. The minimum atomic E-state index is 0.104. The predicted octanol–water partition coefficient (Wildman–Crippen LogP) is 2.30. The van der Waals surface area contributed by atoms with Gasteiger partial charge < -0.3 is 9.64 Å². The molecule has 0 N–H and O–H groups in total. The molecule has 2 fully saturated rings. The molecule has 0 saturated carbocycles. The van der Waals surface area contributed by atoms with Gasteiger partial charge in [0, 0.05) is 57.1 Å². The highest BCUT2D eigenvalue weighted by Crippen LogP contribution is 2.27. The standard InChI is InChI=1S/C18H26ClN3O2/c1-14(24-2)21-11-9-20(10-12-21)13-15-7-8-22(18(15)23)17-5-3-16(19)4-6-17/h3-6,14-15H,7-13H2,1-2H3. The molecule has 24 heavy (non-hydrogen) atoms. The molecule has 5 nitrogen and oxygen atoms in total. The lowest BCUT2D eigenvalue weighted by molar-refractivity contribution is -0.121. The van der Waals surface area contributed by atoms with Crippen LogP contribution in [0.5, 0.6) is 0 Å². The van der Waals surface area contributed by atoms with Crippen LogP contribution in [0.1, 0.15) is 13.3 Å². The van der Waals surface area contributed by atoms with Gasteiger partial charge in [-0.15, -0.1) is 0 Å². The lowest BCUT2D eigenvalue weighted by Crippen LogP contribution is -2.51. The number of anilines is 1. The normalized spacial score (nSPS) is 24.5. The van der Waals surface area contributed by atoms with Gasteiger partial charge in [-0.3, -0.25) is 14.6 Å². The number of ether oxygens (including phenoxy) is 1. The highest BCUT2D eigenvalue weighted by Gasteiger charge is 2.34. The second-order valence-corrected chi connectivity index (χ2v) is 7.06. The highest BCUT2D eigenvalue weighted by molar-refractivity contribution is 6.30. The van der Waals surface area contributed by atoms with Crippen molar-refractivity contribution in [2.24, 2.45) is 5.92 Å². The molecule has 2 saturated heterocycles. The zero-order valence-corrected chi connectivity index (χ0v) is 15.2. The molecule has 0 radical (unpaired) electrons. The van der Waals surface area contributed by atoms with Crippen LogP contribution >= 0.6 is 11.6 Å². The first kappa shape index (κ1) is 17.7. The molecule has 2 atom stereocenters. The third-order valence-electron chi connectivity index (χ3n) is 5.20. The van der Waals surface area contributed by atoms with Crippen molar-refractivity contribution in [3.8, 4) is 0 Å². The van der Waals surface area contributed by atoms with Crippen LogP contribution < -0.4 is 4.90 Å². The maximum Gasteiger partial charge on any atom is 0.231 e. The van der Waals surface area contributed by atoms with E-state index in [2.05, 4.69) is 16.7 Å². The minimum Gasteiger partial charge on any atom is -0.367 e. The molecule has 2 aliphatic heterocycles. The number of carbonyl (C=O) groups excluding carboxylic acids is 1. The summed E-state index contributed by atoms with van der Waals surface area (Å²) in [5, 5.41) is 0.699. The van der Waals surface area contributed by atoms with Gasteiger partial charge in [0.2, 0.25) is 5.91 Å². The van der Waals surface area contributed by atoms with Crippen molar-refractivity contribution in [3.63, 3.8) is 0 Å². The van der Waals surface area contributed by atoms with Gasteiger partial charge in [0.05, 0.1) is 5.92 Å². The summed E-state index contributed by atoms with van der Waals surface area (Å²) in [6.07, 6.45) is 1.09. The number of amides is 1. The van der Waals surface area contributed by atoms with E-state index in [1.54, 1.807) is 7.11 Å². The Morgan fingerprint density at radius 1 is 1.17 bits per heavy atom. The van der Waals surface area contributed by atoms with Crippen LogP contribution in [-0.4, -0.2) is 68.3 Å². The van der Waals surface area contributed by atoms with E-state index in [0.29, 0.717) is 5.02 Å². The number of halogens is 1. The minimum absolute atomic E-state index is 0.104. The summed E-state index contributed by atoms with van der Waals surface area (Å²) >= 11 is 5.93. The molecule has 1 aromatic carbocycles. The lowest BCUT2D eigenvalue weighted by Gasteiger charge is -2.38. The number of carbonyl (C=O) groups is 1. The average molecular weight is 352 g/mol. The van der Waals surface area contributed by atoms with Crippen LogP contribution in [0, 0.1) is 5.92 Å². The van der Waals surface area contributed by atoms with Crippen molar-refractivity contribution in [1.82, 2.24) is 9.80 Å². The van der Waals surface area contributed by atoms with Gasteiger partial charge in [-0.2, -0.15) is 0 Å². The molecule has 0 bridgehead atoms. The van der Waals surface area contributed by atoms with Crippen LogP contribution in [0.2, 0.25) is 5.02 Å². The Balaban J connectivity index is 1.52. The zero-order chi connectivity index (χ0) is 17.1. The Hall–Kier alpha value is -1.14. The van der Waals surface area contributed by atoms with E-state index in [4.69, 9.17) is 16.3 Å². The number of nitrogens with zero attached hydrogens (tertiary/aromatic N) is 3. The first-order valence-corrected chi connectivity index (χ1v) is 9.02. The van der Waals surface area contributed by atoms with Gasteiger partial charge in [0.25, 0.3) is 0 Å². The molecule has 0 aliphatic carbocycles. The number of rotatable bonds is 5. The van der Waals surface area contributed by atoms with E-state index in [-0.39, 0.29) is 18.1 Å². The summed E-state index contributed by atoms with van der Waals surface area (Å²) in [6, 6.07) is 7.53. The molecule has 2 heterocycles. The molecule has 1 amide bonds. The summed E-state index contributed by atoms with van der Waals surface area (Å²) in [5.41, 5.74) is 0.950. The molecular formula is C18H26ClN3O2. The topological polar surface area (TPSA) is 36.0 Å². The zero-order valence-electron chi connectivity index (χ0n) is 14.4. The number of hydrogen-bond donors (Lipinski definition) is 0. The third kappa shape index (κ3) is 3.91. The number of methoxy groups -OCH3 is 1. The molecule has 2 aliphatic rings. The number of benzene rings is 1. The van der Waals surface area contributed by atoms with Gasteiger partial charge in [-0.1, -0.05) is 11.6 Å². The van der Waals surface area contributed by atoms with Crippen LogP contribution in [-0.2, 0) is 9.53 Å². The summed E-state index contributed by atoms with van der Waals surface area (Å²) in [7, 11) is 1.75. The molecule has 3 rings (SSSR count). The fourth-order valence-corrected chi connectivity index (χ4v) is 3.68. The van der Waals surface area contributed by atoms with Gasteiger partial charge in [0.15, 0.2) is 0 Å². The van der Waals surface area contributed by atoms with Crippen molar-refractivity contribution in [2.45, 2.75) is 19.6 Å². The first-order chi connectivity index (χ1) is 11.6. The van der Waals surface area contributed by atoms with Crippen LogP contribution in [0.3, 0.4) is 0 Å². The molecular weight excluding hydrogens is 326 g/mol. The van der Waals surface area contributed by atoms with Crippen molar-refractivity contribution < 1.29 is 9.53 Å². The Bertz CT molecular complexity index is 558. The largest absolute Gasteiger partial charge is 0.367 e.